The second-order valence-corrected chi connectivity index (χ2v) is 7.85. The van der Waals surface area contributed by atoms with Gasteiger partial charge in [0.15, 0.2) is 5.13 Å². The molecule has 0 spiro atoms. The largest absolute Gasteiger partial charge is 0.328 e. The van der Waals surface area contributed by atoms with E-state index in [-0.39, 0.29) is 12.1 Å². The number of rotatable bonds is 2. The fraction of sp³-hybridized carbons (Fsp3) is 0.625. The molecule has 1 aliphatic carbocycles. The van der Waals surface area contributed by atoms with Gasteiger partial charge in [-0.05, 0) is 44.9 Å². The number of aromatic nitrogens is 4. The van der Waals surface area contributed by atoms with Gasteiger partial charge in [0.1, 0.15) is 11.6 Å². The van der Waals surface area contributed by atoms with Gasteiger partial charge >= 0.3 is 6.03 Å². The molecule has 0 bridgehead atoms. The van der Waals surface area contributed by atoms with Crippen LogP contribution in [-0.4, -0.2) is 25.8 Å². The third-order valence-corrected chi connectivity index (χ3v) is 5.73. The molecule has 0 radical (unpaired) electrons. The van der Waals surface area contributed by atoms with Crippen LogP contribution in [0.15, 0.2) is 0 Å². The fourth-order valence-electron chi connectivity index (χ4n) is 3.49. The number of nitrogens with one attached hydrogen (secondary N) is 2. The first kappa shape index (κ1) is 15.6. The van der Waals surface area contributed by atoms with E-state index in [1.165, 1.54) is 11.3 Å². The maximum atomic E-state index is 12.4. The minimum absolute atomic E-state index is 0.0884. The van der Waals surface area contributed by atoms with Crippen molar-refractivity contribution in [3.8, 4) is 0 Å². The van der Waals surface area contributed by atoms with Crippen molar-refractivity contribution in [1.29, 1.82) is 0 Å². The lowest BCUT2D eigenvalue weighted by Gasteiger charge is -2.22. The van der Waals surface area contributed by atoms with Crippen molar-refractivity contribution in [3.05, 3.63) is 22.2 Å². The number of aryl methyl sites for hydroxylation is 3. The number of hydrogen-bond donors (Lipinski definition) is 2. The number of thiazole rings is 1. The number of nitrogens with zero attached hydrogens (tertiary/aromatic N) is 4. The highest BCUT2D eigenvalue weighted by Gasteiger charge is 2.26. The highest BCUT2D eigenvalue weighted by Crippen LogP contribution is 2.32. The number of carbonyl (C=O) groups is 1. The smallest absolute Gasteiger partial charge is 0.321 e. The Morgan fingerprint density at radius 2 is 2.21 bits per heavy atom. The van der Waals surface area contributed by atoms with Crippen LogP contribution in [0.2, 0.25) is 0 Å². The summed E-state index contributed by atoms with van der Waals surface area (Å²) in [5, 5.41) is 11.0. The minimum atomic E-state index is -0.215. The van der Waals surface area contributed by atoms with Crippen LogP contribution in [0, 0.1) is 12.8 Å². The van der Waals surface area contributed by atoms with E-state index < -0.39 is 0 Å². The third kappa shape index (κ3) is 3.02. The first-order valence-corrected chi connectivity index (χ1v) is 9.37. The van der Waals surface area contributed by atoms with E-state index in [1.807, 2.05) is 11.6 Å². The molecule has 0 fully saturated rings. The standard InChI is InChI=1S/C16H22N6OS/c1-9-5-6-11-13(8-9)24-16(19-11)20-15(23)18-12-4-3-7-22-14(12)17-10(2)21-22/h9,12H,3-8H2,1-2H3,(H2,18,19,20,23)/t9-,12+/m1/s1. The summed E-state index contributed by atoms with van der Waals surface area (Å²) in [6, 6.07) is -0.303. The van der Waals surface area contributed by atoms with Gasteiger partial charge in [0.25, 0.3) is 0 Å². The van der Waals surface area contributed by atoms with Gasteiger partial charge < -0.3 is 5.32 Å². The Morgan fingerprint density at radius 3 is 3.08 bits per heavy atom. The van der Waals surface area contributed by atoms with Crippen LogP contribution < -0.4 is 10.6 Å². The van der Waals surface area contributed by atoms with Gasteiger partial charge in [-0.25, -0.2) is 19.4 Å². The second-order valence-electron chi connectivity index (χ2n) is 6.77. The first-order valence-electron chi connectivity index (χ1n) is 8.56. The van der Waals surface area contributed by atoms with Gasteiger partial charge in [0.05, 0.1) is 11.7 Å². The molecule has 4 rings (SSSR count). The van der Waals surface area contributed by atoms with Crippen molar-refractivity contribution in [2.45, 2.75) is 58.5 Å². The van der Waals surface area contributed by atoms with Crippen molar-refractivity contribution in [1.82, 2.24) is 25.1 Å². The Morgan fingerprint density at radius 1 is 1.33 bits per heavy atom. The summed E-state index contributed by atoms with van der Waals surface area (Å²) in [5.74, 6) is 2.30. The highest BCUT2D eigenvalue weighted by atomic mass is 32.1. The van der Waals surface area contributed by atoms with E-state index in [2.05, 4.69) is 32.6 Å². The third-order valence-electron chi connectivity index (χ3n) is 4.69. The number of carbonyl (C=O) groups excluding carboxylic acids is 1. The molecule has 3 heterocycles. The predicted octanol–water partition coefficient (Wildman–Crippen LogP) is 2.82. The van der Waals surface area contributed by atoms with Crippen LogP contribution in [0.1, 0.15) is 54.4 Å². The van der Waals surface area contributed by atoms with Crippen LogP contribution in [0.3, 0.4) is 0 Å². The Bertz CT molecular complexity index is 767. The number of fused-ring (bicyclic) bond motifs is 2. The summed E-state index contributed by atoms with van der Waals surface area (Å²) in [7, 11) is 0. The molecular formula is C16H22N6OS. The van der Waals surface area contributed by atoms with E-state index in [4.69, 9.17) is 0 Å². The van der Waals surface area contributed by atoms with E-state index in [0.717, 1.165) is 49.6 Å². The normalized spacial score (nSPS) is 22.6. The van der Waals surface area contributed by atoms with Crippen molar-refractivity contribution in [2.24, 2.45) is 5.92 Å². The Balaban J connectivity index is 1.43. The second kappa shape index (κ2) is 6.16. The van der Waals surface area contributed by atoms with Crippen molar-refractivity contribution in [2.75, 3.05) is 5.32 Å². The lowest BCUT2D eigenvalue weighted by molar-refractivity contribution is 0.244. The number of hydrogen-bond acceptors (Lipinski definition) is 5. The molecule has 2 atom stereocenters. The molecule has 24 heavy (non-hydrogen) atoms. The summed E-state index contributed by atoms with van der Waals surface area (Å²) >= 11 is 1.60. The average molecular weight is 346 g/mol. The molecule has 2 N–H and O–H groups in total. The summed E-state index contributed by atoms with van der Waals surface area (Å²) in [5.41, 5.74) is 1.15. The SMILES string of the molecule is Cc1nc2n(n1)CCC[C@@H]2NC(=O)Nc1nc2c(s1)C[C@H](C)CC2. The molecule has 1 aliphatic heterocycles. The molecule has 0 saturated heterocycles. The van der Waals surface area contributed by atoms with E-state index in [1.54, 1.807) is 11.3 Å². The Labute approximate surface area is 144 Å². The number of amides is 2. The first-order chi connectivity index (χ1) is 11.6. The van der Waals surface area contributed by atoms with E-state index >= 15 is 0 Å². The Kier molecular flexibility index (Phi) is 3.99. The van der Waals surface area contributed by atoms with Gasteiger partial charge in [-0.15, -0.1) is 11.3 Å². The zero-order valence-corrected chi connectivity index (χ0v) is 14.8. The van der Waals surface area contributed by atoms with Crippen molar-refractivity contribution in [3.63, 3.8) is 0 Å². The highest BCUT2D eigenvalue weighted by molar-refractivity contribution is 7.15. The minimum Gasteiger partial charge on any atom is -0.328 e. The molecule has 8 heteroatoms. The molecule has 0 aromatic carbocycles. The predicted molar refractivity (Wildman–Crippen MR) is 92.2 cm³/mol. The molecular weight excluding hydrogens is 324 g/mol. The molecule has 128 valence electrons. The van der Waals surface area contributed by atoms with Crippen LogP contribution in [0.25, 0.3) is 0 Å². The molecule has 2 aliphatic rings. The Hall–Kier alpha value is -1.96. The maximum Gasteiger partial charge on any atom is 0.321 e. The van der Waals surface area contributed by atoms with E-state index in [0.29, 0.717) is 11.0 Å². The fourth-order valence-corrected chi connectivity index (χ4v) is 4.66. The van der Waals surface area contributed by atoms with E-state index in [9.17, 15) is 4.79 Å². The number of urea groups is 1. The molecule has 7 nitrogen and oxygen atoms in total. The maximum absolute atomic E-state index is 12.4. The zero-order valence-electron chi connectivity index (χ0n) is 14.0. The van der Waals surface area contributed by atoms with Crippen molar-refractivity contribution < 1.29 is 4.79 Å². The molecule has 0 saturated carbocycles. The van der Waals surface area contributed by atoms with Crippen LogP contribution >= 0.6 is 11.3 Å². The molecule has 2 amide bonds. The zero-order chi connectivity index (χ0) is 16.7. The topological polar surface area (TPSA) is 84.7 Å². The quantitative estimate of drug-likeness (QED) is 0.876. The lowest BCUT2D eigenvalue weighted by atomic mass is 9.93. The van der Waals surface area contributed by atoms with Gasteiger partial charge in [-0.2, -0.15) is 5.10 Å². The molecule has 0 unspecified atom stereocenters. The van der Waals surface area contributed by atoms with Gasteiger partial charge in [-0.3, -0.25) is 5.32 Å². The monoisotopic (exact) mass is 346 g/mol. The molecule has 2 aromatic rings. The molecule has 2 aromatic heterocycles. The summed E-state index contributed by atoms with van der Waals surface area (Å²) in [4.78, 5) is 22.7. The summed E-state index contributed by atoms with van der Waals surface area (Å²) < 4.78 is 1.90. The van der Waals surface area contributed by atoms with Crippen LogP contribution in [-0.2, 0) is 19.4 Å². The lowest BCUT2D eigenvalue weighted by Crippen LogP contribution is -2.36. The van der Waals surface area contributed by atoms with Gasteiger partial charge in [0, 0.05) is 11.4 Å². The number of anilines is 1. The van der Waals surface area contributed by atoms with Crippen molar-refractivity contribution >= 4 is 22.5 Å². The summed E-state index contributed by atoms with van der Waals surface area (Å²) in [6.07, 6.45) is 5.14. The summed E-state index contributed by atoms with van der Waals surface area (Å²) in [6.45, 7) is 5.01. The van der Waals surface area contributed by atoms with Crippen LogP contribution in [0.5, 0.6) is 0 Å². The average Bonchev–Trinajstić information content (AvgIpc) is 3.09. The van der Waals surface area contributed by atoms with Crippen LogP contribution in [0.4, 0.5) is 9.93 Å². The van der Waals surface area contributed by atoms with Gasteiger partial charge in [0.2, 0.25) is 0 Å². The van der Waals surface area contributed by atoms with Gasteiger partial charge in [-0.1, -0.05) is 6.92 Å².